The lowest BCUT2D eigenvalue weighted by Gasteiger charge is -2.20. The number of halogens is 1. The number of nitrogens with one attached hydrogen (secondary N) is 1. The zero-order chi connectivity index (χ0) is 12.1. The Labute approximate surface area is 108 Å². The van der Waals surface area contributed by atoms with Gasteiger partial charge in [-0.05, 0) is 50.6 Å². The zero-order valence-corrected chi connectivity index (χ0v) is 10.8. The molecule has 0 aromatic heterocycles. The standard InChI is InChI=1S/C14H18ClNO/c1-16-10-11-9-12(15)7-8-14(11)17-13-5-3-2-4-6-13/h3,5,7-9,13,16H,2,4,6,10H2,1H3. The van der Waals surface area contributed by atoms with Gasteiger partial charge in [-0.2, -0.15) is 0 Å². The lowest BCUT2D eigenvalue weighted by molar-refractivity contribution is 0.227. The summed E-state index contributed by atoms with van der Waals surface area (Å²) in [5.41, 5.74) is 1.11. The molecule has 1 aliphatic carbocycles. The molecule has 0 radical (unpaired) electrons. The highest BCUT2D eigenvalue weighted by Gasteiger charge is 2.12. The second kappa shape index (κ2) is 6.08. The minimum absolute atomic E-state index is 0.209. The lowest BCUT2D eigenvalue weighted by atomic mass is 10.1. The largest absolute Gasteiger partial charge is 0.486 e. The molecule has 0 saturated heterocycles. The third-order valence-corrected chi connectivity index (χ3v) is 3.11. The Hall–Kier alpha value is -0.990. The van der Waals surface area contributed by atoms with Gasteiger partial charge in [0.15, 0.2) is 0 Å². The highest BCUT2D eigenvalue weighted by Crippen LogP contribution is 2.26. The van der Waals surface area contributed by atoms with Crippen LogP contribution in [0, 0.1) is 0 Å². The Bertz CT molecular complexity index is 403. The normalized spacial score (nSPS) is 19.3. The second-order valence-electron chi connectivity index (χ2n) is 4.30. The van der Waals surface area contributed by atoms with E-state index in [1.807, 2.05) is 25.2 Å². The summed E-state index contributed by atoms with van der Waals surface area (Å²) in [7, 11) is 1.92. The molecule has 1 aliphatic rings. The topological polar surface area (TPSA) is 21.3 Å². The maximum absolute atomic E-state index is 6.01. The van der Waals surface area contributed by atoms with Crippen LogP contribution in [-0.2, 0) is 6.54 Å². The number of allylic oxidation sites excluding steroid dienone is 1. The average molecular weight is 252 g/mol. The van der Waals surface area contributed by atoms with Gasteiger partial charge >= 0.3 is 0 Å². The van der Waals surface area contributed by atoms with E-state index in [0.29, 0.717) is 0 Å². The summed E-state index contributed by atoms with van der Waals surface area (Å²) in [6.07, 6.45) is 8.03. The first-order chi connectivity index (χ1) is 8.29. The molecule has 0 amide bonds. The van der Waals surface area contributed by atoms with Gasteiger partial charge in [0.1, 0.15) is 11.9 Å². The number of benzene rings is 1. The smallest absolute Gasteiger partial charge is 0.124 e. The molecule has 0 spiro atoms. The minimum Gasteiger partial charge on any atom is -0.486 e. The van der Waals surface area contributed by atoms with Crippen molar-refractivity contribution in [1.82, 2.24) is 5.32 Å². The van der Waals surface area contributed by atoms with E-state index in [0.717, 1.165) is 29.3 Å². The van der Waals surface area contributed by atoms with E-state index in [2.05, 4.69) is 17.5 Å². The van der Waals surface area contributed by atoms with Gasteiger partial charge < -0.3 is 10.1 Å². The van der Waals surface area contributed by atoms with Crippen LogP contribution in [0.3, 0.4) is 0 Å². The van der Waals surface area contributed by atoms with Crippen LogP contribution in [0.25, 0.3) is 0 Å². The van der Waals surface area contributed by atoms with Gasteiger partial charge in [0.2, 0.25) is 0 Å². The van der Waals surface area contributed by atoms with Crippen LogP contribution in [-0.4, -0.2) is 13.2 Å². The molecule has 0 bridgehead atoms. The molecular formula is C14H18ClNO. The summed E-state index contributed by atoms with van der Waals surface area (Å²) in [5, 5.41) is 3.88. The second-order valence-corrected chi connectivity index (χ2v) is 4.73. The number of rotatable bonds is 4. The summed E-state index contributed by atoms with van der Waals surface area (Å²) in [4.78, 5) is 0. The van der Waals surface area contributed by atoms with Gasteiger partial charge in [0.25, 0.3) is 0 Å². The van der Waals surface area contributed by atoms with Gasteiger partial charge in [0.05, 0.1) is 0 Å². The van der Waals surface area contributed by atoms with E-state index in [-0.39, 0.29) is 6.10 Å². The van der Waals surface area contributed by atoms with E-state index in [4.69, 9.17) is 16.3 Å². The Kier molecular flexibility index (Phi) is 4.46. The van der Waals surface area contributed by atoms with Crippen molar-refractivity contribution in [2.45, 2.75) is 31.9 Å². The van der Waals surface area contributed by atoms with Gasteiger partial charge in [0, 0.05) is 17.1 Å². The average Bonchev–Trinajstić information content (AvgIpc) is 2.34. The van der Waals surface area contributed by atoms with E-state index in [1.54, 1.807) is 0 Å². The predicted octanol–water partition coefficient (Wildman–Crippen LogP) is 3.55. The molecule has 92 valence electrons. The van der Waals surface area contributed by atoms with Crippen molar-refractivity contribution in [3.8, 4) is 5.75 Å². The van der Waals surface area contributed by atoms with E-state index >= 15 is 0 Å². The molecule has 1 unspecified atom stereocenters. The Morgan fingerprint density at radius 3 is 3.06 bits per heavy atom. The van der Waals surface area contributed by atoms with E-state index in [9.17, 15) is 0 Å². The highest BCUT2D eigenvalue weighted by atomic mass is 35.5. The van der Waals surface area contributed by atoms with Crippen LogP contribution in [0.5, 0.6) is 5.75 Å². The van der Waals surface area contributed by atoms with Gasteiger partial charge in [-0.25, -0.2) is 0 Å². The van der Waals surface area contributed by atoms with Crippen LogP contribution in [0.2, 0.25) is 5.02 Å². The molecule has 0 fully saturated rings. The van der Waals surface area contributed by atoms with Crippen LogP contribution in [0.15, 0.2) is 30.4 Å². The van der Waals surface area contributed by atoms with Crippen LogP contribution in [0.1, 0.15) is 24.8 Å². The van der Waals surface area contributed by atoms with E-state index in [1.165, 1.54) is 12.8 Å². The van der Waals surface area contributed by atoms with E-state index < -0.39 is 0 Å². The summed E-state index contributed by atoms with van der Waals surface area (Å²) < 4.78 is 6.01. The quantitative estimate of drug-likeness (QED) is 0.827. The molecule has 1 aromatic rings. The van der Waals surface area contributed by atoms with Crippen molar-refractivity contribution in [2.24, 2.45) is 0 Å². The molecule has 1 N–H and O–H groups in total. The molecule has 1 aromatic carbocycles. The molecule has 2 nitrogen and oxygen atoms in total. The molecule has 17 heavy (non-hydrogen) atoms. The zero-order valence-electron chi connectivity index (χ0n) is 10.1. The number of ether oxygens (including phenoxy) is 1. The van der Waals surface area contributed by atoms with Crippen molar-refractivity contribution in [3.05, 3.63) is 40.9 Å². The summed E-state index contributed by atoms with van der Waals surface area (Å²) in [5.74, 6) is 0.931. The Balaban J connectivity index is 2.13. The maximum Gasteiger partial charge on any atom is 0.124 e. The Morgan fingerprint density at radius 1 is 1.47 bits per heavy atom. The molecule has 0 heterocycles. The first-order valence-electron chi connectivity index (χ1n) is 6.06. The van der Waals surface area contributed by atoms with Gasteiger partial charge in [-0.1, -0.05) is 17.7 Å². The molecule has 0 saturated carbocycles. The van der Waals surface area contributed by atoms with Crippen molar-refractivity contribution < 1.29 is 4.74 Å². The fourth-order valence-electron chi connectivity index (χ4n) is 2.03. The van der Waals surface area contributed by atoms with Crippen molar-refractivity contribution in [2.75, 3.05) is 7.05 Å². The van der Waals surface area contributed by atoms with Gasteiger partial charge in [-0.3, -0.25) is 0 Å². The summed E-state index contributed by atoms with van der Waals surface area (Å²) in [6, 6.07) is 5.79. The first kappa shape index (κ1) is 12.5. The third-order valence-electron chi connectivity index (χ3n) is 2.88. The monoisotopic (exact) mass is 251 g/mol. The van der Waals surface area contributed by atoms with Crippen molar-refractivity contribution in [1.29, 1.82) is 0 Å². The van der Waals surface area contributed by atoms with Crippen molar-refractivity contribution in [3.63, 3.8) is 0 Å². The third kappa shape index (κ3) is 3.48. The molecular weight excluding hydrogens is 234 g/mol. The lowest BCUT2D eigenvalue weighted by Crippen LogP contribution is -2.17. The molecule has 2 rings (SSSR count). The fraction of sp³-hybridized carbons (Fsp3) is 0.429. The number of hydrogen-bond donors (Lipinski definition) is 1. The predicted molar refractivity (Wildman–Crippen MR) is 71.6 cm³/mol. The van der Waals surface area contributed by atoms with Crippen molar-refractivity contribution >= 4 is 11.6 Å². The fourth-order valence-corrected chi connectivity index (χ4v) is 2.23. The number of hydrogen-bond acceptors (Lipinski definition) is 2. The highest BCUT2D eigenvalue weighted by molar-refractivity contribution is 6.30. The summed E-state index contributed by atoms with van der Waals surface area (Å²) in [6.45, 7) is 0.770. The van der Waals surface area contributed by atoms with Crippen LogP contribution in [0.4, 0.5) is 0 Å². The molecule has 3 heteroatoms. The first-order valence-corrected chi connectivity index (χ1v) is 6.44. The Morgan fingerprint density at radius 2 is 2.35 bits per heavy atom. The van der Waals surface area contributed by atoms with Gasteiger partial charge in [-0.15, -0.1) is 0 Å². The SMILES string of the molecule is CNCc1cc(Cl)ccc1OC1C=CCCC1. The molecule has 1 atom stereocenters. The van der Waals surface area contributed by atoms with Crippen LogP contribution >= 0.6 is 11.6 Å². The van der Waals surface area contributed by atoms with Crippen LogP contribution < -0.4 is 10.1 Å². The maximum atomic E-state index is 6.01. The minimum atomic E-state index is 0.209. The summed E-state index contributed by atoms with van der Waals surface area (Å²) >= 11 is 6.00. The molecule has 0 aliphatic heterocycles.